The predicted molar refractivity (Wildman–Crippen MR) is 114 cm³/mol. The van der Waals surface area contributed by atoms with Crippen LogP contribution in [0.2, 0.25) is 5.02 Å². The lowest BCUT2D eigenvalue weighted by molar-refractivity contribution is -0.122. The van der Waals surface area contributed by atoms with Crippen LogP contribution in [0.3, 0.4) is 0 Å². The van der Waals surface area contributed by atoms with E-state index in [9.17, 15) is 13.2 Å². The van der Waals surface area contributed by atoms with Crippen LogP contribution in [0.15, 0.2) is 48.5 Å². The quantitative estimate of drug-likeness (QED) is 0.647. The van der Waals surface area contributed by atoms with Gasteiger partial charge in [-0.1, -0.05) is 11.6 Å². The van der Waals surface area contributed by atoms with Crippen molar-refractivity contribution in [3.63, 3.8) is 0 Å². The number of sulfonamides is 1. The van der Waals surface area contributed by atoms with Gasteiger partial charge in [0.1, 0.15) is 24.1 Å². The van der Waals surface area contributed by atoms with Crippen LogP contribution in [-0.2, 0) is 14.8 Å². The predicted octanol–water partition coefficient (Wildman–Crippen LogP) is 3.09. The minimum Gasteiger partial charge on any atom is -0.497 e. The summed E-state index contributed by atoms with van der Waals surface area (Å²) >= 11 is 5.88. The Balaban J connectivity index is 2.01. The Kier molecular flexibility index (Phi) is 7.75. The number of rotatable bonds is 9. The van der Waals surface area contributed by atoms with Gasteiger partial charge in [-0.25, -0.2) is 8.42 Å². The van der Waals surface area contributed by atoms with Gasteiger partial charge < -0.3 is 14.8 Å². The molecule has 0 spiro atoms. The van der Waals surface area contributed by atoms with Crippen molar-refractivity contribution in [1.29, 1.82) is 0 Å². The molecule has 1 N–H and O–H groups in total. The molecule has 0 aliphatic rings. The molecule has 0 heterocycles. The van der Waals surface area contributed by atoms with Crippen molar-refractivity contribution in [3.8, 4) is 11.5 Å². The van der Waals surface area contributed by atoms with Gasteiger partial charge in [0.15, 0.2) is 0 Å². The van der Waals surface area contributed by atoms with E-state index in [0.717, 1.165) is 16.3 Å². The molecule has 2 rings (SSSR count). The summed E-state index contributed by atoms with van der Waals surface area (Å²) in [7, 11) is -2.10. The summed E-state index contributed by atoms with van der Waals surface area (Å²) in [5, 5.41) is 3.26. The lowest BCUT2D eigenvalue weighted by Gasteiger charge is -2.29. The van der Waals surface area contributed by atoms with Crippen LogP contribution < -0.4 is 19.1 Å². The lowest BCUT2D eigenvalue weighted by atomic mass is 10.2. The van der Waals surface area contributed by atoms with Crippen LogP contribution in [0.1, 0.15) is 13.8 Å². The molecule has 0 unspecified atom stereocenters. The largest absolute Gasteiger partial charge is 0.497 e. The molecule has 2 aromatic carbocycles. The highest BCUT2D eigenvalue weighted by molar-refractivity contribution is 7.92. The maximum atomic E-state index is 12.7. The molecule has 0 aromatic heterocycles. The van der Waals surface area contributed by atoms with Crippen molar-refractivity contribution in [2.45, 2.75) is 25.9 Å². The number of nitrogens with zero attached hydrogens (tertiary/aromatic N) is 1. The zero-order valence-electron chi connectivity index (χ0n) is 16.8. The van der Waals surface area contributed by atoms with Crippen molar-refractivity contribution in [3.05, 3.63) is 53.6 Å². The summed E-state index contributed by atoms with van der Waals surface area (Å²) < 4.78 is 36.4. The number of nitrogens with one attached hydrogen (secondary N) is 1. The summed E-state index contributed by atoms with van der Waals surface area (Å²) in [5.74, 6) is 0.922. The number of amides is 1. The van der Waals surface area contributed by atoms with Crippen molar-refractivity contribution < 1.29 is 22.7 Å². The minimum absolute atomic E-state index is 0.227. The van der Waals surface area contributed by atoms with E-state index in [1.165, 1.54) is 6.92 Å². The van der Waals surface area contributed by atoms with Crippen molar-refractivity contribution in [2.24, 2.45) is 0 Å². The third-order valence-corrected chi connectivity index (χ3v) is 5.61. The first kappa shape index (κ1) is 22.8. The number of methoxy groups -OCH3 is 1. The third kappa shape index (κ3) is 6.54. The average molecular weight is 441 g/mol. The van der Waals surface area contributed by atoms with Gasteiger partial charge in [0, 0.05) is 5.02 Å². The number of anilines is 1. The van der Waals surface area contributed by atoms with Gasteiger partial charge in [-0.2, -0.15) is 0 Å². The Morgan fingerprint density at radius 3 is 2.14 bits per heavy atom. The first-order chi connectivity index (χ1) is 13.6. The van der Waals surface area contributed by atoms with E-state index in [4.69, 9.17) is 21.1 Å². The molecule has 158 valence electrons. The van der Waals surface area contributed by atoms with Crippen LogP contribution in [-0.4, -0.2) is 46.4 Å². The number of benzene rings is 2. The summed E-state index contributed by atoms with van der Waals surface area (Å²) in [6.45, 7) is 3.54. The molecular formula is C20H25ClN2O5S. The van der Waals surface area contributed by atoms with Gasteiger partial charge in [0.05, 0.1) is 25.1 Å². The molecule has 9 heteroatoms. The normalized spacial score (nSPS) is 13.3. The summed E-state index contributed by atoms with van der Waals surface area (Å²) in [5.41, 5.74) is 0.363. The molecule has 0 radical (unpaired) electrons. The van der Waals surface area contributed by atoms with Crippen LogP contribution in [0.5, 0.6) is 11.5 Å². The molecule has 29 heavy (non-hydrogen) atoms. The third-order valence-electron chi connectivity index (χ3n) is 4.12. The highest BCUT2D eigenvalue weighted by atomic mass is 35.5. The molecule has 7 nitrogen and oxygen atoms in total. The standard InChI is InChI=1S/C20H25ClN2O5S/c1-14(13-28-19-11-9-18(27-3)10-12-19)22-20(24)15(2)23(29(4,25)26)17-7-5-16(21)6-8-17/h5-12,14-15H,13H2,1-4H3,(H,22,24)/t14-,15-/m0/s1. The van der Waals surface area contributed by atoms with Gasteiger partial charge >= 0.3 is 0 Å². The van der Waals surface area contributed by atoms with E-state index in [-0.39, 0.29) is 12.6 Å². The molecule has 0 fully saturated rings. The van der Waals surface area contributed by atoms with Gasteiger partial charge in [-0.05, 0) is 62.4 Å². The molecule has 0 saturated heterocycles. The highest BCUT2D eigenvalue weighted by Crippen LogP contribution is 2.23. The zero-order chi connectivity index (χ0) is 21.6. The molecular weight excluding hydrogens is 416 g/mol. The molecule has 0 bridgehead atoms. The first-order valence-corrected chi connectivity index (χ1v) is 11.2. The average Bonchev–Trinajstić information content (AvgIpc) is 2.67. The minimum atomic E-state index is -3.69. The Morgan fingerprint density at radius 2 is 1.62 bits per heavy atom. The summed E-state index contributed by atoms with van der Waals surface area (Å²) in [4.78, 5) is 12.7. The Labute approximate surface area is 176 Å². The molecule has 0 aliphatic carbocycles. The second-order valence-electron chi connectivity index (χ2n) is 6.61. The maximum Gasteiger partial charge on any atom is 0.243 e. The second-order valence-corrected chi connectivity index (χ2v) is 8.90. The zero-order valence-corrected chi connectivity index (χ0v) is 18.3. The molecule has 2 aromatic rings. The van der Waals surface area contributed by atoms with Gasteiger partial charge in [-0.3, -0.25) is 9.10 Å². The summed E-state index contributed by atoms with van der Waals surface area (Å²) in [6, 6.07) is 12.1. The Hall–Kier alpha value is -2.45. The summed E-state index contributed by atoms with van der Waals surface area (Å²) in [6.07, 6.45) is 1.06. The number of halogens is 1. The molecule has 2 atom stereocenters. The smallest absolute Gasteiger partial charge is 0.243 e. The topological polar surface area (TPSA) is 84.9 Å². The molecule has 1 amide bonds. The number of carbonyl (C=O) groups is 1. The Bertz CT molecular complexity index is 917. The van der Waals surface area contributed by atoms with Crippen LogP contribution in [0, 0.1) is 0 Å². The number of ether oxygens (including phenoxy) is 2. The number of hydrogen-bond acceptors (Lipinski definition) is 5. The number of carbonyl (C=O) groups excluding carboxylic acids is 1. The molecule has 0 saturated carbocycles. The number of hydrogen-bond donors (Lipinski definition) is 1. The van der Waals surface area contributed by atoms with Crippen molar-refractivity contribution in [1.82, 2.24) is 5.32 Å². The van der Waals surface area contributed by atoms with Gasteiger partial charge in [0.25, 0.3) is 0 Å². The Morgan fingerprint density at radius 1 is 1.07 bits per heavy atom. The lowest BCUT2D eigenvalue weighted by Crippen LogP contribution is -2.50. The highest BCUT2D eigenvalue weighted by Gasteiger charge is 2.29. The van der Waals surface area contributed by atoms with E-state index in [0.29, 0.717) is 16.5 Å². The maximum absolute atomic E-state index is 12.7. The van der Waals surface area contributed by atoms with E-state index >= 15 is 0 Å². The fourth-order valence-electron chi connectivity index (χ4n) is 2.70. The van der Waals surface area contributed by atoms with Crippen molar-refractivity contribution >= 4 is 33.2 Å². The van der Waals surface area contributed by atoms with Crippen molar-refractivity contribution in [2.75, 3.05) is 24.3 Å². The van der Waals surface area contributed by atoms with Gasteiger partial charge in [0.2, 0.25) is 15.9 Å². The van der Waals surface area contributed by atoms with Crippen LogP contribution in [0.4, 0.5) is 5.69 Å². The molecule has 0 aliphatic heterocycles. The van der Waals surface area contributed by atoms with E-state index < -0.39 is 22.0 Å². The first-order valence-electron chi connectivity index (χ1n) is 8.94. The van der Waals surface area contributed by atoms with E-state index in [1.807, 2.05) is 0 Å². The fourth-order valence-corrected chi connectivity index (χ4v) is 4.00. The monoisotopic (exact) mass is 440 g/mol. The van der Waals surface area contributed by atoms with Gasteiger partial charge in [-0.15, -0.1) is 0 Å². The van der Waals surface area contributed by atoms with E-state index in [2.05, 4.69) is 5.32 Å². The fraction of sp³-hybridized carbons (Fsp3) is 0.350. The van der Waals surface area contributed by atoms with Crippen LogP contribution in [0.25, 0.3) is 0 Å². The second kappa shape index (κ2) is 9.84. The van der Waals surface area contributed by atoms with Crippen LogP contribution >= 0.6 is 11.6 Å². The van der Waals surface area contributed by atoms with E-state index in [1.54, 1.807) is 62.6 Å². The SMILES string of the molecule is COc1ccc(OC[C@H](C)NC(=O)[C@H](C)N(c2ccc(Cl)cc2)S(C)(=O)=O)cc1.